The van der Waals surface area contributed by atoms with E-state index in [9.17, 15) is 0 Å². The standard InChI is InChI=1S/C11H16Cl2N2O/c1-3-10(16-2)11(15-14)7-4-5-8(12)9(13)6-7/h4-6,10-11,15H,3,14H2,1-2H3. The number of halogens is 2. The van der Waals surface area contributed by atoms with Crippen molar-refractivity contribution < 1.29 is 4.74 Å². The van der Waals surface area contributed by atoms with Gasteiger partial charge in [0, 0.05) is 7.11 Å². The van der Waals surface area contributed by atoms with Crippen LogP contribution in [0.2, 0.25) is 10.0 Å². The molecule has 1 aromatic rings. The van der Waals surface area contributed by atoms with Crippen LogP contribution in [0.3, 0.4) is 0 Å². The van der Waals surface area contributed by atoms with Crippen LogP contribution in [-0.2, 0) is 4.74 Å². The van der Waals surface area contributed by atoms with Crippen molar-refractivity contribution in [3.8, 4) is 0 Å². The van der Waals surface area contributed by atoms with Gasteiger partial charge in [0.1, 0.15) is 0 Å². The maximum atomic E-state index is 5.96. The van der Waals surface area contributed by atoms with Gasteiger partial charge in [-0.1, -0.05) is 36.2 Å². The van der Waals surface area contributed by atoms with Crippen molar-refractivity contribution in [3.05, 3.63) is 33.8 Å². The lowest BCUT2D eigenvalue weighted by molar-refractivity contribution is 0.0651. The Bertz CT molecular complexity index is 343. The molecule has 0 fully saturated rings. The minimum Gasteiger partial charge on any atom is -0.379 e. The van der Waals surface area contributed by atoms with Crippen LogP contribution in [0.5, 0.6) is 0 Å². The molecule has 3 N–H and O–H groups in total. The Labute approximate surface area is 106 Å². The van der Waals surface area contributed by atoms with Gasteiger partial charge in [-0.3, -0.25) is 11.3 Å². The van der Waals surface area contributed by atoms with Gasteiger partial charge in [0.05, 0.1) is 22.2 Å². The molecule has 0 bridgehead atoms. The number of nitrogens with one attached hydrogen (secondary N) is 1. The molecule has 0 amide bonds. The van der Waals surface area contributed by atoms with Gasteiger partial charge in [-0.05, 0) is 24.1 Å². The molecule has 0 spiro atoms. The Hall–Kier alpha value is -0.320. The SMILES string of the molecule is CCC(OC)C(NN)c1ccc(Cl)c(Cl)c1. The molecule has 2 unspecified atom stereocenters. The Kier molecular flexibility index (Phi) is 5.52. The third kappa shape index (κ3) is 3.09. The Balaban J connectivity index is 2.98. The van der Waals surface area contributed by atoms with Crippen molar-refractivity contribution in [2.24, 2.45) is 5.84 Å². The predicted molar refractivity (Wildman–Crippen MR) is 67.6 cm³/mol. The third-order valence-corrected chi connectivity index (χ3v) is 3.30. The smallest absolute Gasteiger partial charge is 0.0776 e. The molecule has 1 rings (SSSR count). The van der Waals surface area contributed by atoms with E-state index in [1.165, 1.54) is 0 Å². The van der Waals surface area contributed by atoms with Crippen LogP contribution in [0.15, 0.2) is 18.2 Å². The Morgan fingerprint density at radius 3 is 2.50 bits per heavy atom. The lowest BCUT2D eigenvalue weighted by Crippen LogP contribution is -2.37. The molecule has 1 aromatic carbocycles. The van der Waals surface area contributed by atoms with Gasteiger partial charge < -0.3 is 4.74 Å². The molecule has 90 valence electrons. The van der Waals surface area contributed by atoms with E-state index in [1.54, 1.807) is 19.2 Å². The predicted octanol–water partition coefficient (Wildman–Crippen LogP) is 2.92. The first-order valence-electron chi connectivity index (χ1n) is 5.07. The van der Waals surface area contributed by atoms with E-state index in [1.807, 2.05) is 13.0 Å². The second-order valence-electron chi connectivity index (χ2n) is 3.50. The summed E-state index contributed by atoms with van der Waals surface area (Å²) in [5.74, 6) is 5.54. The largest absolute Gasteiger partial charge is 0.379 e. The summed E-state index contributed by atoms with van der Waals surface area (Å²) in [5, 5.41) is 1.05. The van der Waals surface area contributed by atoms with Crippen LogP contribution < -0.4 is 11.3 Å². The van der Waals surface area contributed by atoms with Crippen molar-refractivity contribution in [3.63, 3.8) is 0 Å². The molecule has 16 heavy (non-hydrogen) atoms. The summed E-state index contributed by atoms with van der Waals surface area (Å²) in [6, 6.07) is 5.35. The maximum absolute atomic E-state index is 5.96. The molecular weight excluding hydrogens is 247 g/mol. The molecule has 0 aromatic heterocycles. The zero-order valence-electron chi connectivity index (χ0n) is 9.34. The minimum absolute atomic E-state index is 0.00208. The maximum Gasteiger partial charge on any atom is 0.0776 e. The highest BCUT2D eigenvalue weighted by Gasteiger charge is 2.20. The first-order chi connectivity index (χ1) is 7.63. The first-order valence-corrected chi connectivity index (χ1v) is 5.83. The average Bonchev–Trinajstić information content (AvgIpc) is 2.29. The molecule has 0 heterocycles. The van der Waals surface area contributed by atoms with Crippen molar-refractivity contribution in [1.29, 1.82) is 0 Å². The number of methoxy groups -OCH3 is 1. The number of nitrogens with two attached hydrogens (primary N) is 1. The fraction of sp³-hybridized carbons (Fsp3) is 0.455. The number of hydrogen-bond acceptors (Lipinski definition) is 3. The molecule has 0 aliphatic carbocycles. The first kappa shape index (κ1) is 13.7. The zero-order chi connectivity index (χ0) is 12.1. The topological polar surface area (TPSA) is 47.3 Å². The number of benzene rings is 1. The summed E-state index contributed by atoms with van der Waals surface area (Å²) in [6.45, 7) is 2.04. The fourth-order valence-electron chi connectivity index (χ4n) is 1.66. The van der Waals surface area contributed by atoms with Gasteiger partial charge in [-0.25, -0.2) is 0 Å². The zero-order valence-corrected chi connectivity index (χ0v) is 10.8. The number of hydrogen-bond donors (Lipinski definition) is 2. The molecule has 0 aliphatic heterocycles. The monoisotopic (exact) mass is 262 g/mol. The van der Waals surface area contributed by atoms with Crippen LogP contribution in [0.1, 0.15) is 24.9 Å². The van der Waals surface area contributed by atoms with Crippen LogP contribution in [0.25, 0.3) is 0 Å². The van der Waals surface area contributed by atoms with E-state index >= 15 is 0 Å². The molecule has 2 atom stereocenters. The highest BCUT2D eigenvalue weighted by atomic mass is 35.5. The highest BCUT2D eigenvalue weighted by Crippen LogP contribution is 2.28. The second-order valence-corrected chi connectivity index (χ2v) is 4.31. The highest BCUT2D eigenvalue weighted by molar-refractivity contribution is 6.42. The van der Waals surface area contributed by atoms with Gasteiger partial charge >= 0.3 is 0 Å². The van der Waals surface area contributed by atoms with Crippen LogP contribution in [0.4, 0.5) is 0 Å². The molecule has 3 nitrogen and oxygen atoms in total. The van der Waals surface area contributed by atoms with Crippen molar-refractivity contribution in [1.82, 2.24) is 5.43 Å². The average molecular weight is 263 g/mol. The minimum atomic E-state index is -0.0928. The second kappa shape index (κ2) is 6.42. The Morgan fingerprint density at radius 2 is 2.06 bits per heavy atom. The normalized spacial score (nSPS) is 14.8. The quantitative estimate of drug-likeness (QED) is 0.634. The van der Waals surface area contributed by atoms with Crippen molar-refractivity contribution in [2.45, 2.75) is 25.5 Å². The van der Waals surface area contributed by atoms with Gasteiger partial charge in [0.2, 0.25) is 0 Å². The van der Waals surface area contributed by atoms with E-state index in [-0.39, 0.29) is 12.1 Å². The molecule has 0 radical (unpaired) electrons. The lowest BCUT2D eigenvalue weighted by Gasteiger charge is -2.25. The van der Waals surface area contributed by atoms with Crippen molar-refractivity contribution >= 4 is 23.2 Å². The number of hydrazine groups is 1. The summed E-state index contributed by atoms with van der Waals surface area (Å²) in [7, 11) is 1.66. The summed E-state index contributed by atoms with van der Waals surface area (Å²) < 4.78 is 5.36. The summed E-state index contributed by atoms with van der Waals surface area (Å²) in [4.78, 5) is 0. The number of rotatable bonds is 5. The Morgan fingerprint density at radius 1 is 1.38 bits per heavy atom. The number of ether oxygens (including phenoxy) is 1. The van der Waals surface area contributed by atoms with E-state index in [2.05, 4.69) is 5.43 Å². The van der Waals surface area contributed by atoms with Gasteiger partial charge in [0.15, 0.2) is 0 Å². The summed E-state index contributed by atoms with van der Waals surface area (Å²) in [5.41, 5.74) is 3.70. The molecular formula is C11H16Cl2N2O. The summed E-state index contributed by atoms with van der Waals surface area (Å²) in [6.07, 6.45) is 0.855. The lowest BCUT2D eigenvalue weighted by atomic mass is 10.0. The van der Waals surface area contributed by atoms with Crippen molar-refractivity contribution in [2.75, 3.05) is 7.11 Å². The van der Waals surface area contributed by atoms with Gasteiger partial charge in [-0.15, -0.1) is 0 Å². The fourth-order valence-corrected chi connectivity index (χ4v) is 1.97. The van der Waals surface area contributed by atoms with E-state index in [0.29, 0.717) is 10.0 Å². The van der Waals surface area contributed by atoms with E-state index in [4.69, 9.17) is 33.8 Å². The van der Waals surface area contributed by atoms with E-state index in [0.717, 1.165) is 12.0 Å². The van der Waals surface area contributed by atoms with Gasteiger partial charge in [-0.2, -0.15) is 0 Å². The van der Waals surface area contributed by atoms with Crippen LogP contribution in [-0.4, -0.2) is 13.2 Å². The molecule has 0 aliphatic rings. The van der Waals surface area contributed by atoms with Gasteiger partial charge in [0.25, 0.3) is 0 Å². The van der Waals surface area contributed by atoms with Crippen LogP contribution >= 0.6 is 23.2 Å². The van der Waals surface area contributed by atoms with E-state index < -0.39 is 0 Å². The molecule has 0 saturated carbocycles. The molecule has 5 heteroatoms. The van der Waals surface area contributed by atoms with Crippen LogP contribution in [0, 0.1) is 0 Å². The third-order valence-electron chi connectivity index (χ3n) is 2.56. The summed E-state index contributed by atoms with van der Waals surface area (Å²) >= 11 is 11.8. The molecule has 0 saturated heterocycles.